The summed E-state index contributed by atoms with van der Waals surface area (Å²) in [6.07, 6.45) is 1.38. The van der Waals surface area contributed by atoms with E-state index in [-0.39, 0.29) is 0 Å². The molecule has 0 unspecified atom stereocenters. The predicted molar refractivity (Wildman–Crippen MR) is 69.2 cm³/mol. The van der Waals surface area contributed by atoms with Crippen LogP contribution in [-0.2, 0) is 10.2 Å². The highest BCUT2D eigenvalue weighted by molar-refractivity contribution is 5.79. The van der Waals surface area contributed by atoms with Gasteiger partial charge in [-0.1, -0.05) is 6.07 Å². The highest BCUT2D eigenvalue weighted by atomic mass is 16.5. The number of rotatable bonds is 4. The van der Waals surface area contributed by atoms with Crippen molar-refractivity contribution in [3.05, 3.63) is 36.2 Å². The highest BCUT2D eigenvalue weighted by Crippen LogP contribution is 2.28. The summed E-state index contributed by atoms with van der Waals surface area (Å²) in [5.41, 5.74) is 0.0465. The Morgan fingerprint density at radius 1 is 1.42 bits per heavy atom. The third-order valence-corrected chi connectivity index (χ3v) is 3.00. The molecule has 0 radical (unpaired) electrons. The van der Waals surface area contributed by atoms with Crippen LogP contribution in [0.15, 0.2) is 34.9 Å². The van der Waals surface area contributed by atoms with Gasteiger partial charge in [0, 0.05) is 5.56 Å². The average Bonchev–Trinajstić information content (AvgIpc) is 2.89. The molecule has 0 fully saturated rings. The number of methoxy groups -OCH3 is 1. The molecule has 0 bridgehead atoms. The summed E-state index contributed by atoms with van der Waals surface area (Å²) >= 11 is 0. The second kappa shape index (κ2) is 4.76. The van der Waals surface area contributed by atoms with Crippen LogP contribution in [0.3, 0.4) is 0 Å². The van der Waals surface area contributed by atoms with Crippen LogP contribution < -0.4 is 4.74 Å². The molecule has 2 aromatic rings. The largest absolute Gasteiger partial charge is 0.497 e. The molecule has 1 N–H and O–H groups in total. The van der Waals surface area contributed by atoms with Gasteiger partial charge < -0.3 is 14.3 Å². The van der Waals surface area contributed by atoms with Gasteiger partial charge in [-0.15, -0.1) is 0 Å². The highest BCUT2D eigenvalue weighted by Gasteiger charge is 2.33. The second-order valence-electron chi connectivity index (χ2n) is 4.70. The fourth-order valence-corrected chi connectivity index (χ4v) is 1.56. The van der Waals surface area contributed by atoms with Gasteiger partial charge in [-0.25, -0.2) is 4.98 Å². The molecule has 1 heterocycles. The van der Waals surface area contributed by atoms with E-state index in [9.17, 15) is 4.79 Å². The summed E-state index contributed by atoms with van der Waals surface area (Å²) in [6.45, 7) is 3.17. The zero-order valence-electron chi connectivity index (χ0n) is 11.0. The zero-order chi connectivity index (χ0) is 14.0. The van der Waals surface area contributed by atoms with Gasteiger partial charge in [0.15, 0.2) is 0 Å². The third kappa shape index (κ3) is 2.45. The minimum atomic E-state index is -1.08. The molecule has 0 spiro atoms. The van der Waals surface area contributed by atoms with E-state index in [1.807, 2.05) is 18.2 Å². The van der Waals surface area contributed by atoms with Crippen LogP contribution >= 0.6 is 0 Å². The molecule has 19 heavy (non-hydrogen) atoms. The quantitative estimate of drug-likeness (QED) is 0.916. The van der Waals surface area contributed by atoms with Gasteiger partial charge in [0.05, 0.1) is 12.8 Å². The number of nitrogens with zero attached hydrogens (tertiary/aromatic N) is 1. The van der Waals surface area contributed by atoms with Crippen molar-refractivity contribution in [2.45, 2.75) is 19.3 Å². The van der Waals surface area contributed by atoms with Gasteiger partial charge in [-0.05, 0) is 32.0 Å². The molecule has 2 rings (SSSR count). The summed E-state index contributed by atoms with van der Waals surface area (Å²) in [6, 6.07) is 7.24. The molecule has 1 aromatic carbocycles. The van der Waals surface area contributed by atoms with Gasteiger partial charge in [0.2, 0.25) is 5.89 Å². The Labute approximate surface area is 110 Å². The summed E-state index contributed by atoms with van der Waals surface area (Å²) in [5.74, 6) is 0.121. The van der Waals surface area contributed by atoms with Crippen molar-refractivity contribution >= 4 is 5.97 Å². The van der Waals surface area contributed by atoms with E-state index >= 15 is 0 Å². The number of carboxylic acid groups (broad SMARTS) is 1. The van der Waals surface area contributed by atoms with Crippen LogP contribution in [-0.4, -0.2) is 23.2 Å². The van der Waals surface area contributed by atoms with Gasteiger partial charge in [0.1, 0.15) is 17.4 Å². The van der Waals surface area contributed by atoms with Crippen LogP contribution in [0.1, 0.15) is 19.5 Å². The van der Waals surface area contributed by atoms with E-state index in [0.29, 0.717) is 17.3 Å². The minimum Gasteiger partial charge on any atom is -0.497 e. The maximum atomic E-state index is 11.2. The Kier molecular flexibility index (Phi) is 3.29. The molecular weight excluding hydrogens is 246 g/mol. The van der Waals surface area contributed by atoms with Crippen molar-refractivity contribution in [3.8, 4) is 17.2 Å². The van der Waals surface area contributed by atoms with Gasteiger partial charge in [-0.2, -0.15) is 0 Å². The molecule has 100 valence electrons. The summed E-state index contributed by atoms with van der Waals surface area (Å²) in [5, 5.41) is 9.16. The van der Waals surface area contributed by atoms with Crippen molar-refractivity contribution in [2.75, 3.05) is 7.11 Å². The van der Waals surface area contributed by atoms with Crippen LogP contribution in [0.5, 0.6) is 5.75 Å². The van der Waals surface area contributed by atoms with Gasteiger partial charge in [0.25, 0.3) is 0 Å². The van der Waals surface area contributed by atoms with E-state index in [2.05, 4.69) is 4.98 Å². The molecule has 0 aliphatic rings. The number of carboxylic acids is 1. The van der Waals surface area contributed by atoms with Crippen LogP contribution in [0, 0.1) is 0 Å². The average molecular weight is 261 g/mol. The monoisotopic (exact) mass is 261 g/mol. The number of benzene rings is 1. The Balaban J connectivity index is 2.38. The smallest absolute Gasteiger partial charge is 0.315 e. The van der Waals surface area contributed by atoms with Crippen LogP contribution in [0.4, 0.5) is 0 Å². The lowest BCUT2D eigenvalue weighted by atomic mass is 9.90. The lowest BCUT2D eigenvalue weighted by Gasteiger charge is -2.14. The summed E-state index contributed by atoms with van der Waals surface area (Å²) in [4.78, 5) is 15.4. The first-order valence-electron chi connectivity index (χ1n) is 5.79. The topological polar surface area (TPSA) is 72.6 Å². The van der Waals surface area contributed by atoms with Crippen LogP contribution in [0.2, 0.25) is 0 Å². The van der Waals surface area contributed by atoms with Crippen molar-refractivity contribution < 1.29 is 19.1 Å². The number of oxazole rings is 1. The molecule has 0 atom stereocenters. The fraction of sp³-hybridized carbons (Fsp3) is 0.286. The van der Waals surface area contributed by atoms with Crippen molar-refractivity contribution in [1.29, 1.82) is 0 Å². The van der Waals surface area contributed by atoms with E-state index in [4.69, 9.17) is 14.3 Å². The number of carbonyl (C=O) groups is 1. The second-order valence-corrected chi connectivity index (χ2v) is 4.70. The Bertz CT molecular complexity index is 601. The lowest BCUT2D eigenvalue weighted by Crippen LogP contribution is -2.28. The predicted octanol–water partition coefficient (Wildman–Crippen LogP) is 2.71. The van der Waals surface area contributed by atoms with E-state index in [0.717, 1.165) is 5.56 Å². The van der Waals surface area contributed by atoms with E-state index < -0.39 is 11.4 Å². The Hall–Kier alpha value is -2.30. The first kappa shape index (κ1) is 13.1. The molecule has 5 nitrogen and oxygen atoms in total. The van der Waals surface area contributed by atoms with E-state index in [1.54, 1.807) is 27.0 Å². The number of aliphatic carboxylic acids is 1. The molecule has 0 saturated carbocycles. The van der Waals surface area contributed by atoms with Crippen molar-refractivity contribution in [3.63, 3.8) is 0 Å². The van der Waals surface area contributed by atoms with Gasteiger partial charge in [-0.3, -0.25) is 4.79 Å². The van der Waals surface area contributed by atoms with Crippen LogP contribution in [0.25, 0.3) is 11.5 Å². The Morgan fingerprint density at radius 3 is 2.79 bits per heavy atom. The molecule has 0 aliphatic carbocycles. The fourth-order valence-electron chi connectivity index (χ4n) is 1.56. The SMILES string of the molecule is COc1cccc(-c2nc(C(C)(C)C(=O)O)co2)c1. The minimum absolute atomic E-state index is 0.378. The number of hydrogen-bond acceptors (Lipinski definition) is 4. The number of hydrogen-bond donors (Lipinski definition) is 1. The van der Waals surface area contributed by atoms with Gasteiger partial charge >= 0.3 is 5.97 Å². The maximum absolute atomic E-state index is 11.2. The Morgan fingerprint density at radius 2 is 2.16 bits per heavy atom. The lowest BCUT2D eigenvalue weighted by molar-refractivity contribution is -0.142. The van der Waals surface area contributed by atoms with Crippen molar-refractivity contribution in [1.82, 2.24) is 4.98 Å². The first-order valence-corrected chi connectivity index (χ1v) is 5.79. The molecule has 0 amide bonds. The molecule has 0 aliphatic heterocycles. The zero-order valence-corrected chi connectivity index (χ0v) is 11.0. The van der Waals surface area contributed by atoms with Crippen molar-refractivity contribution in [2.24, 2.45) is 0 Å². The van der Waals surface area contributed by atoms with E-state index in [1.165, 1.54) is 6.26 Å². The summed E-state index contributed by atoms with van der Waals surface area (Å²) in [7, 11) is 1.58. The molecular formula is C14H15NO4. The first-order chi connectivity index (χ1) is 8.95. The third-order valence-electron chi connectivity index (χ3n) is 3.00. The molecule has 1 aromatic heterocycles. The normalized spacial score (nSPS) is 11.3. The molecule has 0 saturated heterocycles. The maximum Gasteiger partial charge on any atom is 0.315 e. The number of aromatic nitrogens is 1. The standard InChI is InChI=1S/C14H15NO4/c1-14(2,13(16)17)11-8-19-12(15-11)9-5-4-6-10(7-9)18-3/h4-8H,1-3H3,(H,16,17). The number of ether oxygens (including phenoxy) is 1. The molecule has 5 heteroatoms. The summed E-state index contributed by atoms with van der Waals surface area (Å²) < 4.78 is 10.5.